The minimum Gasteiger partial charge on any atom is -0.752 e. The van der Waals surface area contributed by atoms with Crippen molar-refractivity contribution in [1.29, 1.82) is 0 Å². The summed E-state index contributed by atoms with van der Waals surface area (Å²) in [4.78, 5) is 6.15. The molecule has 1 heterocycles. The SMILES string of the molecule is CN(C)CCN=C1NN([O-])c2c(ccc3c2CCC3)N1[O-]. The lowest BCUT2D eigenvalue weighted by molar-refractivity contribution is 0.420. The van der Waals surface area contributed by atoms with Crippen LogP contribution >= 0.6 is 0 Å². The monoisotopic (exact) mass is 289 g/mol. The van der Waals surface area contributed by atoms with Gasteiger partial charge in [0.2, 0.25) is 5.96 Å². The van der Waals surface area contributed by atoms with E-state index in [1.54, 1.807) is 6.07 Å². The third-order valence-electron chi connectivity index (χ3n) is 3.86. The third-order valence-corrected chi connectivity index (χ3v) is 3.86. The molecule has 0 bridgehead atoms. The van der Waals surface area contributed by atoms with Crippen LogP contribution < -0.4 is 15.7 Å². The number of hydrogen-bond acceptors (Lipinski definition) is 5. The number of hydrogen-bond donors (Lipinski definition) is 1. The smallest absolute Gasteiger partial charge is 0.206 e. The van der Waals surface area contributed by atoms with Gasteiger partial charge in [-0.05, 0) is 50.6 Å². The van der Waals surface area contributed by atoms with Crippen LogP contribution in [0.3, 0.4) is 0 Å². The number of aryl methyl sites for hydroxylation is 1. The summed E-state index contributed by atoms with van der Waals surface area (Å²) in [6.07, 6.45) is 2.85. The topological polar surface area (TPSA) is 80.2 Å². The van der Waals surface area contributed by atoms with Crippen LogP contribution in [0.1, 0.15) is 17.5 Å². The average molecular weight is 289 g/mol. The van der Waals surface area contributed by atoms with Crippen LogP contribution in [0.25, 0.3) is 0 Å². The Morgan fingerprint density at radius 2 is 2.10 bits per heavy atom. The first-order valence-electron chi connectivity index (χ1n) is 7.13. The number of benzene rings is 1. The number of nitrogens with zero attached hydrogens (tertiary/aromatic N) is 4. The van der Waals surface area contributed by atoms with Crippen molar-refractivity contribution in [2.45, 2.75) is 19.3 Å². The number of hydrazine groups is 1. The molecule has 0 atom stereocenters. The fourth-order valence-corrected chi connectivity index (χ4v) is 2.79. The average Bonchev–Trinajstić information content (AvgIpc) is 2.91. The Hall–Kier alpha value is -1.83. The Morgan fingerprint density at radius 3 is 2.86 bits per heavy atom. The van der Waals surface area contributed by atoms with E-state index >= 15 is 0 Å². The zero-order valence-electron chi connectivity index (χ0n) is 12.3. The second-order valence-electron chi connectivity index (χ2n) is 5.63. The van der Waals surface area contributed by atoms with Crippen LogP contribution in [-0.2, 0) is 12.8 Å². The fraction of sp³-hybridized carbons (Fsp3) is 0.500. The van der Waals surface area contributed by atoms with Crippen molar-refractivity contribution in [3.63, 3.8) is 0 Å². The molecule has 0 fully saturated rings. The first-order valence-corrected chi connectivity index (χ1v) is 7.13. The summed E-state index contributed by atoms with van der Waals surface area (Å²) < 4.78 is 0. The lowest BCUT2D eigenvalue weighted by Gasteiger charge is -2.47. The van der Waals surface area contributed by atoms with Crippen LogP contribution in [0.5, 0.6) is 0 Å². The van der Waals surface area contributed by atoms with Gasteiger partial charge in [0.05, 0.1) is 17.9 Å². The molecule has 2 aliphatic rings. The molecule has 1 N–H and O–H groups in total. The lowest BCUT2D eigenvalue weighted by atomic mass is 10.1. The quantitative estimate of drug-likeness (QED) is 0.901. The molecule has 7 heteroatoms. The van der Waals surface area contributed by atoms with Crippen LogP contribution in [0.15, 0.2) is 17.1 Å². The maximum Gasteiger partial charge on any atom is 0.206 e. The Labute approximate surface area is 124 Å². The molecule has 1 aliphatic heterocycles. The van der Waals surface area contributed by atoms with Crippen LogP contribution in [0.2, 0.25) is 0 Å². The molecule has 1 aromatic rings. The Morgan fingerprint density at radius 1 is 1.29 bits per heavy atom. The third kappa shape index (κ3) is 2.55. The Bertz CT molecular complexity index is 573. The summed E-state index contributed by atoms with van der Waals surface area (Å²) >= 11 is 0. The van der Waals surface area contributed by atoms with E-state index in [2.05, 4.69) is 10.4 Å². The van der Waals surface area contributed by atoms with Crippen molar-refractivity contribution < 1.29 is 0 Å². The van der Waals surface area contributed by atoms with Crippen molar-refractivity contribution >= 4 is 17.3 Å². The molecule has 1 aromatic carbocycles. The molecule has 0 saturated heterocycles. The van der Waals surface area contributed by atoms with Gasteiger partial charge >= 0.3 is 0 Å². The standard InChI is InChI=1S/C14H19N5O2/c1-17(2)9-8-15-14-16-19(21)13-11-5-3-4-10(11)6-7-12(13)18(14)20/h6-7H,3-5,8-9H2,1-2H3,(H,15,16)/q-2. The Balaban J connectivity index is 1.90. The molecular formula is C14H19N5O2-2. The van der Waals surface area contributed by atoms with Crippen molar-refractivity contribution in [3.05, 3.63) is 33.7 Å². The number of anilines is 2. The highest BCUT2D eigenvalue weighted by atomic mass is 16.6. The highest BCUT2D eigenvalue weighted by molar-refractivity contribution is 6.04. The van der Waals surface area contributed by atoms with E-state index in [9.17, 15) is 10.4 Å². The van der Waals surface area contributed by atoms with Gasteiger partial charge in [-0.2, -0.15) is 0 Å². The van der Waals surface area contributed by atoms with E-state index in [4.69, 9.17) is 0 Å². The summed E-state index contributed by atoms with van der Waals surface area (Å²) in [6.45, 7) is 1.18. The summed E-state index contributed by atoms with van der Waals surface area (Å²) in [7, 11) is 3.86. The first-order chi connectivity index (χ1) is 10.1. The van der Waals surface area contributed by atoms with Gasteiger partial charge in [-0.3, -0.25) is 10.4 Å². The maximum absolute atomic E-state index is 12.4. The molecule has 114 valence electrons. The largest absolute Gasteiger partial charge is 0.752 e. The second-order valence-corrected chi connectivity index (χ2v) is 5.63. The number of nitrogens with one attached hydrogen (secondary N) is 1. The highest BCUT2D eigenvalue weighted by Crippen LogP contribution is 2.40. The van der Waals surface area contributed by atoms with Gasteiger partial charge in [0.25, 0.3) is 0 Å². The van der Waals surface area contributed by atoms with Gasteiger partial charge in [-0.1, -0.05) is 6.07 Å². The number of rotatable bonds is 3. The highest BCUT2D eigenvalue weighted by Gasteiger charge is 2.24. The van der Waals surface area contributed by atoms with Gasteiger partial charge in [0.1, 0.15) is 0 Å². The summed E-state index contributed by atoms with van der Waals surface area (Å²) in [5.41, 5.74) is 5.54. The molecule has 0 aromatic heterocycles. The number of likely N-dealkylation sites (N-methyl/N-ethyl adjacent to an activating group) is 1. The normalized spacial score (nSPS) is 19.0. The molecule has 0 amide bonds. The second kappa shape index (κ2) is 5.51. The molecule has 21 heavy (non-hydrogen) atoms. The van der Waals surface area contributed by atoms with Crippen LogP contribution in [-0.4, -0.2) is 38.0 Å². The molecule has 7 nitrogen and oxygen atoms in total. The van der Waals surface area contributed by atoms with Crippen molar-refractivity contribution in [2.24, 2.45) is 4.99 Å². The molecular weight excluding hydrogens is 270 g/mol. The van der Waals surface area contributed by atoms with Gasteiger partial charge < -0.3 is 25.5 Å². The summed E-state index contributed by atoms with van der Waals surface area (Å²) in [5, 5.41) is 26.0. The summed E-state index contributed by atoms with van der Waals surface area (Å²) in [6, 6.07) is 3.67. The summed E-state index contributed by atoms with van der Waals surface area (Å²) in [5.74, 6) is 0.0531. The van der Waals surface area contributed by atoms with Crippen LogP contribution in [0.4, 0.5) is 11.4 Å². The fourth-order valence-electron chi connectivity index (χ4n) is 2.79. The molecule has 1 aliphatic carbocycles. The van der Waals surface area contributed by atoms with Crippen molar-refractivity contribution in [3.8, 4) is 0 Å². The number of hydroxylamine groups is 1. The van der Waals surface area contributed by atoms with E-state index in [1.807, 2.05) is 25.1 Å². The molecule has 0 radical (unpaired) electrons. The number of fused-ring (bicyclic) bond motifs is 3. The van der Waals surface area contributed by atoms with Gasteiger partial charge in [0.15, 0.2) is 0 Å². The van der Waals surface area contributed by atoms with E-state index in [-0.39, 0.29) is 5.96 Å². The molecule has 0 saturated carbocycles. The van der Waals surface area contributed by atoms with Crippen molar-refractivity contribution in [1.82, 2.24) is 10.3 Å². The zero-order valence-corrected chi connectivity index (χ0v) is 12.3. The van der Waals surface area contributed by atoms with E-state index in [0.29, 0.717) is 23.1 Å². The van der Waals surface area contributed by atoms with Crippen LogP contribution in [0, 0.1) is 10.4 Å². The minimum atomic E-state index is 0.0531. The molecule has 0 spiro atoms. The number of guanidine groups is 1. The van der Waals surface area contributed by atoms with E-state index in [0.717, 1.165) is 42.0 Å². The zero-order chi connectivity index (χ0) is 15.0. The van der Waals surface area contributed by atoms with E-state index < -0.39 is 0 Å². The van der Waals surface area contributed by atoms with Gasteiger partial charge in [-0.25, -0.2) is 0 Å². The predicted octanol–water partition coefficient (Wildman–Crippen LogP) is 1.22. The minimum absolute atomic E-state index is 0.0531. The van der Waals surface area contributed by atoms with E-state index in [1.165, 1.54) is 0 Å². The lowest BCUT2D eigenvalue weighted by Crippen LogP contribution is -2.51. The van der Waals surface area contributed by atoms with Crippen molar-refractivity contribution in [2.75, 3.05) is 37.4 Å². The first kappa shape index (κ1) is 14.1. The Kier molecular flexibility index (Phi) is 3.71. The number of aliphatic imine (C=N–C) groups is 1. The molecule has 0 unspecified atom stereocenters. The predicted molar refractivity (Wildman–Crippen MR) is 84.2 cm³/mol. The van der Waals surface area contributed by atoms with Gasteiger partial charge in [0, 0.05) is 6.54 Å². The van der Waals surface area contributed by atoms with Gasteiger partial charge in [-0.15, -0.1) is 0 Å². The maximum atomic E-state index is 12.4. The molecule has 3 rings (SSSR count).